The van der Waals surface area contributed by atoms with Gasteiger partial charge in [-0.3, -0.25) is 30.6 Å². The molecule has 2 N–H and O–H groups in total. The normalized spacial score (nSPS) is 23.7. The highest BCUT2D eigenvalue weighted by atomic mass is 16.6. The van der Waals surface area contributed by atoms with Crippen molar-refractivity contribution in [1.82, 2.24) is 20.8 Å². The van der Waals surface area contributed by atoms with Crippen LogP contribution in [-0.4, -0.2) is 26.7 Å². The summed E-state index contributed by atoms with van der Waals surface area (Å²) in [6.45, 7) is 5.80. The second-order valence-corrected chi connectivity index (χ2v) is 8.92. The number of aromatic nitrogens is 2. The fraction of sp³-hybridized carbons (Fsp3) is 0.364. The van der Waals surface area contributed by atoms with Crippen LogP contribution in [0.2, 0.25) is 0 Å². The molecular weight excluding hydrogens is 426 g/mol. The van der Waals surface area contributed by atoms with Gasteiger partial charge in [-0.25, -0.2) is 9.97 Å². The zero-order valence-corrected chi connectivity index (χ0v) is 18.1. The molecule has 1 saturated carbocycles. The van der Waals surface area contributed by atoms with Crippen LogP contribution < -0.4 is 10.9 Å². The van der Waals surface area contributed by atoms with E-state index in [2.05, 4.69) is 20.8 Å². The Balaban J connectivity index is 1.67. The fourth-order valence-corrected chi connectivity index (χ4v) is 5.17. The molecule has 2 amide bonds. The van der Waals surface area contributed by atoms with Crippen molar-refractivity contribution in [3.8, 4) is 12.1 Å². The Morgan fingerprint density at radius 3 is 2.12 bits per heavy atom. The largest absolute Gasteiger partial charge is 0.272 e. The first-order valence-electron chi connectivity index (χ1n) is 10.1. The fourth-order valence-electron chi connectivity index (χ4n) is 5.17. The van der Waals surface area contributed by atoms with Gasteiger partial charge in [0.1, 0.15) is 17.6 Å². The van der Waals surface area contributed by atoms with E-state index in [9.17, 15) is 30.2 Å². The van der Waals surface area contributed by atoms with Gasteiger partial charge >= 0.3 is 0 Å². The third-order valence-electron chi connectivity index (χ3n) is 7.50. The van der Waals surface area contributed by atoms with Crippen LogP contribution in [0.15, 0.2) is 24.3 Å². The van der Waals surface area contributed by atoms with Gasteiger partial charge in [0.05, 0.1) is 16.3 Å². The third-order valence-corrected chi connectivity index (χ3v) is 7.50. The minimum atomic E-state index is -1.17. The molecule has 2 bridgehead atoms. The number of nitriles is 2. The van der Waals surface area contributed by atoms with E-state index in [1.807, 2.05) is 32.9 Å². The van der Waals surface area contributed by atoms with Gasteiger partial charge in [0.25, 0.3) is 17.5 Å². The number of benzene rings is 1. The first-order valence-corrected chi connectivity index (χ1v) is 10.1. The van der Waals surface area contributed by atoms with E-state index in [0.717, 1.165) is 0 Å². The Morgan fingerprint density at radius 2 is 1.58 bits per heavy atom. The molecule has 2 unspecified atom stereocenters. The summed E-state index contributed by atoms with van der Waals surface area (Å²) in [5.74, 6) is -1.15. The molecule has 2 aromatic rings. The van der Waals surface area contributed by atoms with E-state index in [4.69, 9.17) is 0 Å². The minimum Gasteiger partial charge on any atom is -0.272 e. The maximum atomic E-state index is 13.5. The monoisotopic (exact) mass is 445 g/mol. The van der Waals surface area contributed by atoms with Gasteiger partial charge in [-0.1, -0.05) is 20.8 Å². The van der Waals surface area contributed by atoms with E-state index in [1.165, 1.54) is 24.3 Å². The van der Waals surface area contributed by atoms with Crippen molar-refractivity contribution in [1.29, 1.82) is 10.5 Å². The summed E-state index contributed by atoms with van der Waals surface area (Å²) in [7, 11) is 0. The molecule has 11 heteroatoms. The van der Waals surface area contributed by atoms with Crippen molar-refractivity contribution < 1.29 is 14.5 Å². The number of rotatable bonds is 3. The van der Waals surface area contributed by atoms with Crippen LogP contribution in [0.1, 0.15) is 66.7 Å². The number of hydrazine groups is 1. The van der Waals surface area contributed by atoms with Crippen LogP contribution in [0.5, 0.6) is 0 Å². The van der Waals surface area contributed by atoms with E-state index < -0.39 is 33.0 Å². The number of carbonyl (C=O) groups excluding carboxylic acids is 2. The molecule has 2 aliphatic carbocycles. The quantitative estimate of drug-likeness (QED) is 0.532. The zero-order chi connectivity index (χ0) is 24.2. The molecule has 4 rings (SSSR count). The third kappa shape index (κ3) is 2.72. The standard InChI is InChI=1S/C22H19N7O4/c1-20(2)21(3)8-9-22(20,17-16(21)25-14(10-23)15(11-24)26-17)19(31)28-27-18(30)12-4-6-13(7-5-12)29(32)33/h4-7H,8-9H2,1-3H3,(H,27,30)(H,28,31). The smallest absolute Gasteiger partial charge is 0.269 e. The summed E-state index contributed by atoms with van der Waals surface area (Å²) in [5.41, 5.74) is 3.03. The van der Waals surface area contributed by atoms with Crippen molar-refractivity contribution >= 4 is 17.5 Å². The molecule has 166 valence electrons. The summed E-state index contributed by atoms with van der Waals surface area (Å²) in [4.78, 5) is 45.1. The molecule has 0 radical (unpaired) electrons. The number of hydrogen-bond donors (Lipinski definition) is 2. The summed E-state index contributed by atoms with van der Waals surface area (Å²) >= 11 is 0. The van der Waals surface area contributed by atoms with E-state index >= 15 is 0 Å². The molecule has 0 aliphatic heterocycles. The molecule has 33 heavy (non-hydrogen) atoms. The zero-order valence-electron chi connectivity index (χ0n) is 18.1. The van der Waals surface area contributed by atoms with Gasteiger partial charge in [0.2, 0.25) is 0 Å². The molecule has 0 saturated heterocycles. The van der Waals surface area contributed by atoms with Crippen LogP contribution in [0.4, 0.5) is 5.69 Å². The number of non-ortho nitro benzene ring substituents is 1. The second kappa shape index (κ2) is 7.07. The summed E-state index contributed by atoms with van der Waals surface area (Å²) in [5, 5.41) is 29.6. The number of nitrogens with one attached hydrogen (secondary N) is 2. The molecule has 2 atom stereocenters. The number of carbonyl (C=O) groups is 2. The number of nitro benzene ring substituents is 1. The molecule has 1 aromatic heterocycles. The molecule has 1 heterocycles. The minimum absolute atomic E-state index is 0.0807. The van der Waals surface area contributed by atoms with Crippen molar-refractivity contribution in [3.05, 3.63) is 62.7 Å². The summed E-state index contributed by atoms with van der Waals surface area (Å²) in [6.07, 6.45) is 1.04. The lowest BCUT2D eigenvalue weighted by molar-refractivity contribution is -0.384. The first kappa shape index (κ1) is 21.8. The lowest BCUT2D eigenvalue weighted by atomic mass is 9.63. The van der Waals surface area contributed by atoms with Crippen molar-refractivity contribution in [2.24, 2.45) is 5.41 Å². The van der Waals surface area contributed by atoms with E-state index in [-0.39, 0.29) is 22.6 Å². The van der Waals surface area contributed by atoms with Gasteiger partial charge in [0.15, 0.2) is 11.4 Å². The second-order valence-electron chi connectivity index (χ2n) is 8.92. The van der Waals surface area contributed by atoms with Gasteiger partial charge in [-0.15, -0.1) is 0 Å². The molecule has 2 aliphatic rings. The number of nitrogens with zero attached hydrogens (tertiary/aromatic N) is 5. The maximum absolute atomic E-state index is 13.5. The maximum Gasteiger partial charge on any atom is 0.269 e. The van der Waals surface area contributed by atoms with E-state index in [1.54, 1.807) is 0 Å². The lowest BCUT2D eigenvalue weighted by Gasteiger charge is -2.39. The molecule has 1 fully saturated rings. The highest BCUT2D eigenvalue weighted by molar-refractivity contribution is 5.98. The topological polar surface area (TPSA) is 175 Å². The number of nitro groups is 1. The van der Waals surface area contributed by atoms with Gasteiger partial charge in [-0.2, -0.15) is 10.5 Å². The van der Waals surface area contributed by atoms with Crippen LogP contribution in [0.25, 0.3) is 0 Å². The average Bonchev–Trinajstić information content (AvgIpc) is 3.10. The van der Waals surface area contributed by atoms with Crippen molar-refractivity contribution in [3.63, 3.8) is 0 Å². The highest BCUT2D eigenvalue weighted by Gasteiger charge is 2.73. The van der Waals surface area contributed by atoms with Crippen molar-refractivity contribution in [2.45, 2.75) is 44.4 Å². The van der Waals surface area contributed by atoms with Gasteiger partial charge in [-0.05, 0) is 30.4 Å². The molecule has 0 spiro atoms. The van der Waals surface area contributed by atoms with E-state index in [0.29, 0.717) is 24.2 Å². The van der Waals surface area contributed by atoms with Gasteiger partial charge in [0, 0.05) is 23.1 Å². The first-order chi connectivity index (χ1) is 15.5. The average molecular weight is 445 g/mol. The SMILES string of the molecule is CC12CCC(C(=O)NNC(=O)c3ccc([N+](=O)[O-])cc3)(c3nc(C#N)c(C#N)nc31)C2(C)C. The van der Waals surface area contributed by atoms with Crippen molar-refractivity contribution in [2.75, 3.05) is 0 Å². The Kier molecular flexibility index (Phi) is 4.68. The van der Waals surface area contributed by atoms with Crippen LogP contribution in [0, 0.1) is 38.2 Å². The Hall–Kier alpha value is -4.38. The Morgan fingerprint density at radius 1 is 1.00 bits per heavy atom. The molecule has 1 aromatic carbocycles. The van der Waals surface area contributed by atoms with Crippen LogP contribution in [-0.2, 0) is 15.6 Å². The summed E-state index contributed by atoms with van der Waals surface area (Å²) < 4.78 is 0. The van der Waals surface area contributed by atoms with Gasteiger partial charge < -0.3 is 0 Å². The predicted molar refractivity (Wildman–Crippen MR) is 112 cm³/mol. The number of fused-ring (bicyclic) bond motifs is 5. The highest BCUT2D eigenvalue weighted by Crippen LogP contribution is 2.70. The Bertz CT molecular complexity index is 1310. The number of amides is 2. The summed E-state index contributed by atoms with van der Waals surface area (Å²) in [6, 6.07) is 8.72. The Labute approximate surface area is 188 Å². The molecule has 11 nitrogen and oxygen atoms in total. The molecular formula is C22H19N7O4. The van der Waals surface area contributed by atoms with Crippen LogP contribution >= 0.6 is 0 Å². The lowest BCUT2D eigenvalue weighted by Crippen LogP contribution is -2.55. The predicted octanol–water partition coefficient (Wildman–Crippen LogP) is 1.92. The van der Waals surface area contributed by atoms with Crippen LogP contribution in [0.3, 0.4) is 0 Å². The number of hydrogen-bond acceptors (Lipinski definition) is 8.